The molecule has 0 aliphatic heterocycles. The van der Waals surface area contributed by atoms with Gasteiger partial charge in [0.1, 0.15) is 0 Å². The Hall–Kier alpha value is -1.22. The number of thiazole rings is 1. The van der Waals surface area contributed by atoms with E-state index < -0.39 is 9.84 Å². The number of hydrogen-bond donors (Lipinski definition) is 0. The molecule has 0 spiro atoms. The van der Waals surface area contributed by atoms with Gasteiger partial charge in [0.2, 0.25) is 19.8 Å². The Morgan fingerprint density at radius 3 is 2.54 bits per heavy atom. The van der Waals surface area contributed by atoms with E-state index in [1.54, 1.807) is 0 Å². The van der Waals surface area contributed by atoms with Gasteiger partial charge in [0.05, 0.1) is 0 Å². The summed E-state index contributed by atoms with van der Waals surface area (Å²) in [7, 11) is -3.29. The van der Waals surface area contributed by atoms with E-state index in [1.165, 1.54) is 0 Å². The van der Waals surface area contributed by atoms with E-state index in [1.807, 2.05) is 0 Å². The monoisotopic (exact) mass is 217 g/mol. The molecule has 0 radical (unpaired) electrons. The summed E-state index contributed by atoms with van der Waals surface area (Å²) >= 11 is 0.929. The summed E-state index contributed by atoms with van der Waals surface area (Å²) in [6, 6.07) is 0. The average molecular weight is 217 g/mol. The maximum absolute atomic E-state index is 11.1. The van der Waals surface area contributed by atoms with Crippen LogP contribution >= 0.6 is 11.3 Å². The molecule has 2 heterocycles. The van der Waals surface area contributed by atoms with Crippen molar-refractivity contribution in [3.8, 4) is 0 Å². The molecule has 0 atom stereocenters. The predicted octanol–water partition coefficient (Wildman–Crippen LogP) is -0.720. The summed E-state index contributed by atoms with van der Waals surface area (Å²) in [4.78, 5) is 4.11. The zero-order chi connectivity index (χ0) is 9.47. The van der Waals surface area contributed by atoms with Crippen LogP contribution in [0.25, 0.3) is 10.5 Å². The fourth-order valence-corrected chi connectivity index (χ4v) is 2.34. The first-order valence-electron chi connectivity index (χ1n) is 3.10. The summed E-state index contributed by atoms with van der Waals surface area (Å²) in [6.45, 7) is 0. The van der Waals surface area contributed by atoms with Crippen molar-refractivity contribution in [3.63, 3.8) is 0 Å². The first kappa shape index (κ1) is 8.38. The van der Waals surface area contributed by atoms with Crippen molar-refractivity contribution in [2.75, 3.05) is 6.26 Å². The van der Waals surface area contributed by atoms with Crippen molar-refractivity contribution < 1.29 is 8.42 Å². The Kier molecular flexibility index (Phi) is 1.70. The zero-order valence-corrected chi connectivity index (χ0v) is 8.00. The van der Waals surface area contributed by atoms with Crippen LogP contribution in [0.15, 0.2) is 4.34 Å². The van der Waals surface area contributed by atoms with Crippen molar-refractivity contribution in [1.82, 2.24) is 25.6 Å². The second-order valence-electron chi connectivity index (χ2n) is 2.26. The van der Waals surface area contributed by atoms with E-state index in [4.69, 9.17) is 0 Å². The van der Waals surface area contributed by atoms with Gasteiger partial charge in [0, 0.05) is 6.26 Å². The second-order valence-corrected chi connectivity index (χ2v) is 5.43. The van der Waals surface area contributed by atoms with Gasteiger partial charge in [-0.15, -0.1) is 10.2 Å². The van der Waals surface area contributed by atoms with Crippen LogP contribution in [0.5, 0.6) is 0 Å². The predicted molar refractivity (Wildman–Crippen MR) is 43.9 cm³/mol. The molecular weight excluding hydrogens is 214 g/mol. The third-order valence-corrected chi connectivity index (χ3v) is 3.81. The van der Waals surface area contributed by atoms with Crippen LogP contribution in [-0.4, -0.2) is 40.3 Å². The minimum absolute atomic E-state index is 0.0164. The molecule has 0 aliphatic carbocycles. The highest BCUT2D eigenvalue weighted by atomic mass is 32.2. The van der Waals surface area contributed by atoms with E-state index in [-0.39, 0.29) is 9.99 Å². The normalized spacial score (nSPS) is 12.1. The number of aromatic nitrogens is 5. The Labute approximate surface area is 76.7 Å². The molecule has 0 saturated heterocycles. The van der Waals surface area contributed by atoms with Crippen LogP contribution in [0.1, 0.15) is 0 Å². The minimum atomic E-state index is -3.29. The largest absolute Gasteiger partial charge is 0.222 e. The Morgan fingerprint density at radius 2 is 1.92 bits per heavy atom. The molecule has 0 fully saturated rings. The van der Waals surface area contributed by atoms with E-state index in [0.717, 1.165) is 17.6 Å². The first-order valence-corrected chi connectivity index (χ1v) is 5.81. The third kappa shape index (κ3) is 1.47. The molecule has 0 bridgehead atoms. The molecule has 0 saturated carbocycles. The van der Waals surface area contributed by atoms with E-state index in [0.29, 0.717) is 4.83 Å². The lowest BCUT2D eigenvalue weighted by atomic mass is 10.8. The fraction of sp³-hybridized carbons (Fsp3) is 0.250. The topological polar surface area (TPSA) is 98.6 Å². The molecular formula is C4H3N5O2S2. The van der Waals surface area contributed by atoms with Gasteiger partial charge in [-0.3, -0.25) is 0 Å². The Morgan fingerprint density at radius 1 is 1.23 bits per heavy atom. The third-order valence-electron chi connectivity index (χ3n) is 1.20. The molecule has 9 heteroatoms. The van der Waals surface area contributed by atoms with Crippen molar-refractivity contribution in [1.29, 1.82) is 0 Å². The summed E-state index contributed by atoms with van der Waals surface area (Å²) in [5.41, 5.74) is 0.209. The molecule has 7 nitrogen and oxygen atoms in total. The van der Waals surface area contributed by atoms with Crippen molar-refractivity contribution in [3.05, 3.63) is 0 Å². The first-order chi connectivity index (χ1) is 6.07. The molecule has 0 N–H and O–H groups in total. The molecule has 68 valence electrons. The van der Waals surface area contributed by atoms with Crippen LogP contribution in [0.2, 0.25) is 0 Å². The van der Waals surface area contributed by atoms with Crippen molar-refractivity contribution >= 4 is 31.7 Å². The minimum Gasteiger partial charge on any atom is -0.222 e. The number of fused-ring (bicyclic) bond motifs is 1. The highest BCUT2D eigenvalue weighted by molar-refractivity contribution is 7.92. The maximum Gasteiger partial charge on any atom is 0.216 e. The summed E-state index contributed by atoms with van der Waals surface area (Å²) in [6.07, 6.45) is 1.07. The number of hydrogen-bond acceptors (Lipinski definition) is 8. The molecule has 2 aromatic heterocycles. The summed E-state index contributed by atoms with van der Waals surface area (Å²) < 4.78 is 22.1. The summed E-state index contributed by atoms with van der Waals surface area (Å²) in [5.74, 6) is 0. The molecule has 2 aromatic rings. The molecule has 0 aliphatic rings. The highest BCUT2D eigenvalue weighted by Crippen LogP contribution is 2.20. The highest BCUT2D eigenvalue weighted by Gasteiger charge is 2.15. The second kappa shape index (κ2) is 2.64. The van der Waals surface area contributed by atoms with Gasteiger partial charge in [-0.1, -0.05) is 11.3 Å². The molecule has 2 rings (SSSR count). The zero-order valence-electron chi connectivity index (χ0n) is 6.37. The lowest BCUT2D eigenvalue weighted by molar-refractivity contribution is 0.601. The fourth-order valence-electron chi connectivity index (χ4n) is 0.697. The standard InChI is InChI=1S/C4H3N5O2S2/c1-13(10,11)4-5-2-3(12-4)7-9-8-6-2/h1H3. The Bertz CT molecular complexity index is 513. The van der Waals surface area contributed by atoms with Crippen LogP contribution in [0.4, 0.5) is 0 Å². The SMILES string of the molecule is CS(=O)(=O)c1nc2nnnnc2s1. The average Bonchev–Trinajstić information content (AvgIpc) is 2.45. The van der Waals surface area contributed by atoms with Crippen LogP contribution in [0, 0.1) is 0 Å². The van der Waals surface area contributed by atoms with Crippen LogP contribution in [-0.2, 0) is 9.84 Å². The number of nitrogens with zero attached hydrogens (tertiary/aromatic N) is 5. The smallest absolute Gasteiger partial charge is 0.216 e. The molecule has 0 unspecified atom stereocenters. The van der Waals surface area contributed by atoms with Gasteiger partial charge >= 0.3 is 0 Å². The quantitative estimate of drug-likeness (QED) is 0.621. The number of rotatable bonds is 1. The van der Waals surface area contributed by atoms with Crippen molar-refractivity contribution in [2.45, 2.75) is 4.34 Å². The van der Waals surface area contributed by atoms with Gasteiger partial charge in [-0.25, -0.2) is 13.4 Å². The van der Waals surface area contributed by atoms with Gasteiger partial charge in [-0.05, 0) is 10.4 Å². The van der Waals surface area contributed by atoms with Gasteiger partial charge in [0.15, 0.2) is 4.83 Å². The number of sulfone groups is 1. The van der Waals surface area contributed by atoms with E-state index in [9.17, 15) is 8.42 Å². The van der Waals surface area contributed by atoms with Gasteiger partial charge in [-0.2, -0.15) is 0 Å². The summed E-state index contributed by atoms with van der Waals surface area (Å²) in [5, 5.41) is 13.6. The van der Waals surface area contributed by atoms with E-state index >= 15 is 0 Å². The molecule has 0 aromatic carbocycles. The van der Waals surface area contributed by atoms with E-state index in [2.05, 4.69) is 25.6 Å². The molecule has 0 amide bonds. The lowest BCUT2D eigenvalue weighted by Crippen LogP contribution is -1.95. The van der Waals surface area contributed by atoms with Crippen LogP contribution in [0.3, 0.4) is 0 Å². The lowest BCUT2D eigenvalue weighted by Gasteiger charge is -1.84. The Balaban J connectivity index is 2.77. The van der Waals surface area contributed by atoms with Gasteiger partial charge in [0.25, 0.3) is 0 Å². The molecule has 13 heavy (non-hydrogen) atoms. The van der Waals surface area contributed by atoms with Crippen molar-refractivity contribution in [2.24, 2.45) is 0 Å². The van der Waals surface area contributed by atoms with Gasteiger partial charge < -0.3 is 0 Å². The maximum atomic E-state index is 11.1. The van der Waals surface area contributed by atoms with Crippen LogP contribution < -0.4 is 0 Å².